The molecule has 0 unspecified atom stereocenters. The van der Waals surface area contributed by atoms with Crippen LogP contribution in [0.5, 0.6) is 0 Å². The van der Waals surface area contributed by atoms with Gasteiger partial charge in [-0.3, -0.25) is 14.9 Å². The Bertz CT molecular complexity index is 364. The maximum absolute atomic E-state index is 11.5. The zero-order valence-electron chi connectivity index (χ0n) is 7.27. The van der Waals surface area contributed by atoms with Crippen LogP contribution in [0.3, 0.4) is 0 Å². The molecule has 0 aromatic heterocycles. The number of nitrogens with one attached hydrogen (secondary N) is 1. The van der Waals surface area contributed by atoms with Gasteiger partial charge in [0.15, 0.2) is 0 Å². The molecule has 2 N–H and O–H groups in total. The molecule has 4 atom stereocenters. The third-order valence-electron chi connectivity index (χ3n) is 3.24. The van der Waals surface area contributed by atoms with Gasteiger partial charge in [0.2, 0.25) is 11.8 Å². The third kappa shape index (κ3) is 0.689. The third-order valence-corrected chi connectivity index (χ3v) is 3.24. The number of hydrogen-bond donors (Lipinski definition) is 2. The highest BCUT2D eigenvalue weighted by molar-refractivity contribution is 6.07. The van der Waals surface area contributed by atoms with E-state index in [1.807, 2.05) is 0 Å². The van der Waals surface area contributed by atoms with Crippen molar-refractivity contribution >= 4 is 11.8 Å². The van der Waals surface area contributed by atoms with Crippen molar-refractivity contribution in [3.8, 4) is 0 Å². The van der Waals surface area contributed by atoms with Gasteiger partial charge in [-0.05, 0) is 0 Å². The number of imide groups is 1. The minimum atomic E-state index is -0.953. The first-order valence-electron chi connectivity index (χ1n) is 4.51. The number of aliphatic hydroxyl groups is 1. The molecule has 3 rings (SSSR count). The molecule has 3 aliphatic heterocycles. The van der Waals surface area contributed by atoms with E-state index < -0.39 is 17.4 Å². The van der Waals surface area contributed by atoms with E-state index in [0.29, 0.717) is 0 Å². The molecule has 14 heavy (non-hydrogen) atoms. The minimum absolute atomic E-state index is 0.262. The lowest BCUT2D eigenvalue weighted by Crippen LogP contribution is -2.42. The van der Waals surface area contributed by atoms with Crippen LogP contribution in [0.25, 0.3) is 0 Å². The minimum Gasteiger partial charge on any atom is -0.393 e. The first kappa shape index (κ1) is 8.14. The molecule has 0 aromatic rings. The quantitative estimate of drug-likeness (QED) is 0.397. The largest absolute Gasteiger partial charge is 0.393 e. The van der Waals surface area contributed by atoms with Crippen LogP contribution in [0.2, 0.25) is 0 Å². The second-order valence-electron chi connectivity index (χ2n) is 3.91. The number of aliphatic hydroxyl groups excluding tert-OH is 1. The van der Waals surface area contributed by atoms with Gasteiger partial charge in [0.1, 0.15) is 5.60 Å². The van der Waals surface area contributed by atoms with E-state index >= 15 is 0 Å². The van der Waals surface area contributed by atoms with E-state index in [4.69, 9.17) is 4.74 Å². The van der Waals surface area contributed by atoms with Crippen molar-refractivity contribution in [3.05, 3.63) is 12.2 Å². The number of carbonyl (C=O) groups excluding carboxylic acids is 2. The molecule has 2 fully saturated rings. The molecule has 2 amide bonds. The van der Waals surface area contributed by atoms with Crippen molar-refractivity contribution in [2.75, 3.05) is 6.61 Å². The first-order chi connectivity index (χ1) is 6.68. The van der Waals surface area contributed by atoms with Crippen molar-refractivity contribution in [2.45, 2.75) is 11.7 Å². The number of rotatable bonds is 1. The highest BCUT2D eigenvalue weighted by Crippen LogP contribution is 2.49. The van der Waals surface area contributed by atoms with Crippen molar-refractivity contribution in [1.82, 2.24) is 5.32 Å². The standard InChI is InChI=1S/C9H9NO4/c11-3-9-2-1-4(14-9)5-6(9)8(13)10-7(5)12/h1-2,4-6,11H,3H2,(H,10,12,13)/t4-,5-,6-,9-/m0/s1. The van der Waals surface area contributed by atoms with Gasteiger partial charge in [0, 0.05) is 0 Å². The number of ether oxygens (including phenoxy) is 1. The molecule has 3 heterocycles. The highest BCUT2D eigenvalue weighted by Gasteiger charge is 2.65. The summed E-state index contributed by atoms with van der Waals surface area (Å²) < 4.78 is 5.47. The Morgan fingerprint density at radius 2 is 2.29 bits per heavy atom. The summed E-state index contributed by atoms with van der Waals surface area (Å²) in [6, 6.07) is 0. The summed E-state index contributed by atoms with van der Waals surface area (Å²) in [6.45, 7) is -0.262. The second kappa shape index (κ2) is 2.24. The van der Waals surface area contributed by atoms with E-state index in [1.165, 1.54) is 0 Å². The Morgan fingerprint density at radius 3 is 3.00 bits per heavy atom. The van der Waals surface area contributed by atoms with Crippen molar-refractivity contribution < 1.29 is 19.4 Å². The Morgan fingerprint density at radius 1 is 1.50 bits per heavy atom. The van der Waals surface area contributed by atoms with Gasteiger partial charge < -0.3 is 9.84 Å². The second-order valence-corrected chi connectivity index (χ2v) is 3.91. The van der Waals surface area contributed by atoms with Gasteiger partial charge >= 0.3 is 0 Å². The van der Waals surface area contributed by atoms with Crippen LogP contribution in [-0.2, 0) is 14.3 Å². The molecule has 3 aliphatic rings. The summed E-state index contributed by atoms with van der Waals surface area (Å²) in [7, 11) is 0. The van der Waals surface area contributed by atoms with Crippen LogP contribution in [-0.4, -0.2) is 35.2 Å². The Labute approximate surface area is 79.7 Å². The normalized spacial score (nSPS) is 48.5. The van der Waals surface area contributed by atoms with Crippen molar-refractivity contribution in [3.63, 3.8) is 0 Å². The molecule has 0 radical (unpaired) electrons. The number of amides is 2. The Balaban J connectivity index is 2.10. The predicted molar refractivity (Wildman–Crippen MR) is 44.0 cm³/mol. The summed E-state index contributed by atoms with van der Waals surface area (Å²) in [5, 5.41) is 11.5. The molecule has 5 nitrogen and oxygen atoms in total. The maximum Gasteiger partial charge on any atom is 0.233 e. The van der Waals surface area contributed by atoms with Crippen LogP contribution < -0.4 is 5.32 Å². The molecular formula is C9H9NO4. The van der Waals surface area contributed by atoms with E-state index in [1.54, 1.807) is 12.2 Å². The van der Waals surface area contributed by atoms with Gasteiger partial charge in [-0.15, -0.1) is 0 Å². The number of hydrogen-bond acceptors (Lipinski definition) is 4. The monoisotopic (exact) mass is 195 g/mol. The van der Waals surface area contributed by atoms with Crippen LogP contribution in [0.15, 0.2) is 12.2 Å². The van der Waals surface area contributed by atoms with Gasteiger partial charge in [-0.25, -0.2) is 0 Å². The van der Waals surface area contributed by atoms with Gasteiger partial charge in [0.25, 0.3) is 0 Å². The average Bonchev–Trinajstić information content (AvgIpc) is 2.78. The molecule has 0 aliphatic carbocycles. The van der Waals surface area contributed by atoms with E-state index in [-0.39, 0.29) is 24.5 Å². The molecule has 0 saturated carbocycles. The SMILES string of the molecule is O=C1NC(=O)[C@@H]2[C@@H]1[C@@H]1C=C[C@@]2(CO)O1. The zero-order valence-corrected chi connectivity index (χ0v) is 7.27. The summed E-state index contributed by atoms with van der Waals surface area (Å²) in [4.78, 5) is 22.8. The molecule has 5 heteroatoms. The van der Waals surface area contributed by atoms with E-state index in [9.17, 15) is 14.7 Å². The lowest BCUT2D eigenvalue weighted by molar-refractivity contribution is -0.131. The number of carbonyl (C=O) groups is 2. The van der Waals surface area contributed by atoms with Crippen molar-refractivity contribution in [1.29, 1.82) is 0 Å². The van der Waals surface area contributed by atoms with E-state index in [0.717, 1.165) is 0 Å². The van der Waals surface area contributed by atoms with Crippen LogP contribution >= 0.6 is 0 Å². The molecule has 2 bridgehead atoms. The Kier molecular flexibility index (Phi) is 1.30. The van der Waals surface area contributed by atoms with E-state index in [2.05, 4.69) is 5.32 Å². The van der Waals surface area contributed by atoms with Crippen LogP contribution in [0, 0.1) is 11.8 Å². The number of fused-ring (bicyclic) bond motifs is 5. The molecule has 0 spiro atoms. The maximum atomic E-state index is 11.5. The molecule has 74 valence electrons. The molecular weight excluding hydrogens is 186 g/mol. The average molecular weight is 195 g/mol. The van der Waals surface area contributed by atoms with Crippen LogP contribution in [0.1, 0.15) is 0 Å². The summed E-state index contributed by atoms with van der Waals surface area (Å²) in [5.41, 5.74) is -0.953. The smallest absolute Gasteiger partial charge is 0.233 e. The van der Waals surface area contributed by atoms with Gasteiger partial charge in [-0.2, -0.15) is 0 Å². The van der Waals surface area contributed by atoms with Crippen LogP contribution in [0.4, 0.5) is 0 Å². The summed E-state index contributed by atoms with van der Waals surface area (Å²) in [6.07, 6.45) is 3.09. The highest BCUT2D eigenvalue weighted by atomic mass is 16.5. The van der Waals surface area contributed by atoms with Crippen molar-refractivity contribution in [2.24, 2.45) is 11.8 Å². The Hall–Kier alpha value is -1.20. The summed E-state index contributed by atoms with van der Waals surface area (Å²) >= 11 is 0. The predicted octanol–water partition coefficient (Wildman–Crippen LogP) is -1.43. The van der Waals surface area contributed by atoms with Gasteiger partial charge in [0.05, 0.1) is 24.5 Å². The molecule has 0 aromatic carbocycles. The lowest BCUT2D eigenvalue weighted by Gasteiger charge is -2.24. The topological polar surface area (TPSA) is 75.6 Å². The zero-order chi connectivity index (χ0) is 9.92. The lowest BCUT2D eigenvalue weighted by atomic mass is 9.77. The van der Waals surface area contributed by atoms with Gasteiger partial charge in [-0.1, -0.05) is 12.2 Å². The fraction of sp³-hybridized carbons (Fsp3) is 0.556. The summed E-state index contributed by atoms with van der Waals surface area (Å²) in [5.74, 6) is -1.61. The first-order valence-corrected chi connectivity index (χ1v) is 4.51. The fourth-order valence-electron chi connectivity index (χ4n) is 2.61. The fourth-order valence-corrected chi connectivity index (χ4v) is 2.61. The molecule has 2 saturated heterocycles.